The zero-order valence-electron chi connectivity index (χ0n) is 20.7. The predicted octanol–water partition coefficient (Wildman–Crippen LogP) is 2.60. The fourth-order valence-electron chi connectivity index (χ4n) is 4.49. The quantitative estimate of drug-likeness (QED) is 0.286. The summed E-state index contributed by atoms with van der Waals surface area (Å²) in [6.07, 6.45) is -0.599. The van der Waals surface area contributed by atoms with Crippen LogP contribution in [0, 0.1) is 13.8 Å². The number of hydrogen-bond acceptors (Lipinski definition) is 9. The first-order valence-electron chi connectivity index (χ1n) is 12.0. The average molecular weight is 519 g/mol. The lowest BCUT2D eigenvalue weighted by molar-refractivity contribution is 0.0283. The maximum atomic E-state index is 12.9. The van der Waals surface area contributed by atoms with Gasteiger partial charge in [-0.2, -0.15) is 0 Å². The molecule has 0 bridgehead atoms. The first kappa shape index (κ1) is 25.1. The molecule has 2 unspecified atom stereocenters. The molecule has 1 saturated heterocycles. The molecule has 4 N–H and O–H groups in total. The highest BCUT2D eigenvalue weighted by Crippen LogP contribution is 2.38. The number of esters is 1. The Hall–Kier alpha value is -4.57. The summed E-state index contributed by atoms with van der Waals surface area (Å²) >= 11 is 0. The van der Waals surface area contributed by atoms with Crippen LogP contribution in [0.1, 0.15) is 47.8 Å². The fraction of sp³-hybridized carbons (Fsp3) is 0.250. The van der Waals surface area contributed by atoms with Crippen LogP contribution >= 0.6 is 0 Å². The summed E-state index contributed by atoms with van der Waals surface area (Å²) in [7, 11) is 0. The smallest absolute Gasteiger partial charge is 0.338 e. The molecule has 0 radical (unpaired) electrons. The topological polar surface area (TPSA) is 143 Å². The van der Waals surface area contributed by atoms with Crippen LogP contribution in [-0.2, 0) is 4.74 Å². The van der Waals surface area contributed by atoms with Crippen LogP contribution in [-0.4, -0.2) is 59.9 Å². The number of phenols is 2. The van der Waals surface area contributed by atoms with E-state index < -0.39 is 23.9 Å². The summed E-state index contributed by atoms with van der Waals surface area (Å²) in [5.41, 5.74) is 2.15. The van der Waals surface area contributed by atoms with E-state index >= 15 is 0 Å². The number of fused-ring (bicyclic) bond motifs is 1. The predicted molar refractivity (Wildman–Crippen MR) is 135 cm³/mol. The molecule has 0 spiro atoms. The number of aryl methyl sites for hydroxylation is 2. The van der Waals surface area contributed by atoms with Gasteiger partial charge in [0.15, 0.2) is 17.3 Å². The zero-order valence-corrected chi connectivity index (χ0v) is 20.7. The number of nitrogens with one attached hydrogen (secondary N) is 2. The summed E-state index contributed by atoms with van der Waals surface area (Å²) < 4.78 is 16.1. The maximum Gasteiger partial charge on any atom is 0.338 e. The number of benzene rings is 3. The third-order valence-corrected chi connectivity index (χ3v) is 6.61. The molecule has 10 nitrogen and oxygen atoms in total. The van der Waals surface area contributed by atoms with Gasteiger partial charge in [-0.05, 0) is 55.3 Å². The molecule has 2 aliphatic rings. The number of phenolic OH excluding ortho intramolecular Hbond substituents is 2. The largest absolute Gasteiger partial charge is 0.507 e. The standard InChI is InChI=1S/C28H26N2O8/c1-14-7-18(8-15(2)25(14)32)27(34)30-20-11-29-12-24(20)38-28(35)17-5-3-16(4-6-17)26(33)19-9-22-23(10-21(19)31)37-13-36-22/h3-10,20,24,29,31-32H,11-13H2,1-2H3,(H,30,34). The molecule has 10 heteroatoms. The Bertz CT molecular complexity index is 1410. The fourth-order valence-corrected chi connectivity index (χ4v) is 4.49. The molecule has 0 aliphatic carbocycles. The van der Waals surface area contributed by atoms with Crippen molar-refractivity contribution in [3.05, 3.63) is 81.9 Å². The Labute approximate surface area is 218 Å². The van der Waals surface area contributed by atoms with Crippen LogP contribution < -0.4 is 20.1 Å². The van der Waals surface area contributed by atoms with Gasteiger partial charge in [0.05, 0.1) is 17.2 Å². The van der Waals surface area contributed by atoms with Crippen molar-refractivity contribution in [3.8, 4) is 23.0 Å². The van der Waals surface area contributed by atoms with Gasteiger partial charge in [0.2, 0.25) is 6.79 Å². The van der Waals surface area contributed by atoms with E-state index in [4.69, 9.17) is 14.2 Å². The summed E-state index contributed by atoms with van der Waals surface area (Å²) in [6, 6.07) is 11.4. The zero-order chi connectivity index (χ0) is 27.0. The normalized spacial score (nSPS) is 17.7. The van der Waals surface area contributed by atoms with E-state index in [1.807, 2.05) is 0 Å². The Kier molecular flexibility index (Phi) is 6.64. The molecule has 2 atom stereocenters. The van der Waals surface area contributed by atoms with Gasteiger partial charge in [-0.25, -0.2) is 4.79 Å². The molecular formula is C28H26N2O8. The third-order valence-electron chi connectivity index (χ3n) is 6.61. The lowest BCUT2D eigenvalue weighted by atomic mass is 10.0. The highest BCUT2D eigenvalue weighted by molar-refractivity contribution is 6.11. The van der Waals surface area contributed by atoms with Crippen LogP contribution in [0.25, 0.3) is 0 Å². The van der Waals surface area contributed by atoms with Crippen molar-refractivity contribution in [2.24, 2.45) is 0 Å². The minimum atomic E-state index is -0.599. The van der Waals surface area contributed by atoms with Crippen LogP contribution in [0.15, 0.2) is 48.5 Å². The number of carbonyl (C=O) groups excluding carboxylic acids is 3. The molecule has 196 valence electrons. The summed E-state index contributed by atoms with van der Waals surface area (Å²) in [5.74, 6) is -0.725. The third kappa shape index (κ3) is 4.85. The van der Waals surface area contributed by atoms with E-state index in [0.29, 0.717) is 41.3 Å². The van der Waals surface area contributed by atoms with Gasteiger partial charge in [0.1, 0.15) is 17.6 Å². The van der Waals surface area contributed by atoms with Crippen molar-refractivity contribution in [1.82, 2.24) is 10.6 Å². The minimum absolute atomic E-state index is 0.0143. The van der Waals surface area contributed by atoms with E-state index in [-0.39, 0.29) is 40.9 Å². The Balaban J connectivity index is 1.23. The molecule has 5 rings (SSSR count). The maximum absolute atomic E-state index is 12.9. The van der Waals surface area contributed by atoms with Crippen LogP contribution in [0.5, 0.6) is 23.0 Å². The van der Waals surface area contributed by atoms with Crippen molar-refractivity contribution in [3.63, 3.8) is 0 Å². The lowest BCUT2D eigenvalue weighted by Gasteiger charge is -2.21. The lowest BCUT2D eigenvalue weighted by Crippen LogP contribution is -2.44. The SMILES string of the molecule is Cc1cc(C(=O)NC2CNCC2OC(=O)c2ccc(C(=O)c3cc4c(cc3O)OCO4)cc2)cc(C)c1O. The molecule has 0 saturated carbocycles. The number of aromatic hydroxyl groups is 2. The van der Waals surface area contributed by atoms with Crippen LogP contribution in [0.2, 0.25) is 0 Å². The van der Waals surface area contributed by atoms with Gasteiger partial charge < -0.3 is 35.1 Å². The Morgan fingerprint density at radius 3 is 2.21 bits per heavy atom. The molecule has 1 fully saturated rings. The van der Waals surface area contributed by atoms with Crippen LogP contribution in [0.3, 0.4) is 0 Å². The summed E-state index contributed by atoms with van der Waals surface area (Å²) in [6.45, 7) is 4.24. The van der Waals surface area contributed by atoms with Crippen molar-refractivity contribution in [1.29, 1.82) is 0 Å². The second-order valence-corrected chi connectivity index (χ2v) is 9.27. The van der Waals surface area contributed by atoms with E-state index in [1.54, 1.807) is 26.0 Å². The number of ketones is 1. The van der Waals surface area contributed by atoms with E-state index in [2.05, 4.69) is 10.6 Å². The highest BCUT2D eigenvalue weighted by Gasteiger charge is 2.32. The number of amides is 1. The molecule has 2 heterocycles. The van der Waals surface area contributed by atoms with E-state index in [0.717, 1.165) is 0 Å². The van der Waals surface area contributed by atoms with Crippen molar-refractivity contribution >= 4 is 17.7 Å². The van der Waals surface area contributed by atoms with E-state index in [1.165, 1.54) is 36.4 Å². The van der Waals surface area contributed by atoms with Gasteiger partial charge in [0.25, 0.3) is 5.91 Å². The average Bonchev–Trinajstić information content (AvgIpc) is 3.54. The number of ether oxygens (including phenoxy) is 3. The first-order chi connectivity index (χ1) is 18.2. The summed E-state index contributed by atoms with van der Waals surface area (Å²) in [5, 5.41) is 26.2. The molecular weight excluding hydrogens is 492 g/mol. The minimum Gasteiger partial charge on any atom is -0.507 e. The second-order valence-electron chi connectivity index (χ2n) is 9.27. The monoisotopic (exact) mass is 518 g/mol. The van der Waals surface area contributed by atoms with Gasteiger partial charge in [-0.3, -0.25) is 9.59 Å². The number of carbonyl (C=O) groups is 3. The summed E-state index contributed by atoms with van der Waals surface area (Å²) in [4.78, 5) is 38.5. The molecule has 1 amide bonds. The Morgan fingerprint density at radius 1 is 0.895 bits per heavy atom. The van der Waals surface area contributed by atoms with Gasteiger partial charge >= 0.3 is 5.97 Å². The number of rotatable bonds is 6. The van der Waals surface area contributed by atoms with Crippen molar-refractivity contribution < 1.29 is 38.8 Å². The van der Waals surface area contributed by atoms with E-state index in [9.17, 15) is 24.6 Å². The molecule has 3 aromatic carbocycles. The van der Waals surface area contributed by atoms with Gasteiger partial charge in [-0.15, -0.1) is 0 Å². The molecule has 38 heavy (non-hydrogen) atoms. The Morgan fingerprint density at radius 2 is 1.53 bits per heavy atom. The highest BCUT2D eigenvalue weighted by atomic mass is 16.7. The van der Waals surface area contributed by atoms with Gasteiger partial charge in [0, 0.05) is 30.3 Å². The second kappa shape index (κ2) is 10.1. The van der Waals surface area contributed by atoms with Crippen molar-refractivity contribution in [2.45, 2.75) is 26.0 Å². The molecule has 0 aromatic heterocycles. The van der Waals surface area contributed by atoms with Gasteiger partial charge in [-0.1, -0.05) is 12.1 Å². The first-order valence-corrected chi connectivity index (χ1v) is 12.0. The molecule has 3 aromatic rings. The van der Waals surface area contributed by atoms with Crippen molar-refractivity contribution in [2.75, 3.05) is 19.9 Å². The van der Waals surface area contributed by atoms with Crippen LogP contribution in [0.4, 0.5) is 0 Å². The number of hydrogen-bond donors (Lipinski definition) is 4. The molecule has 2 aliphatic heterocycles.